The Morgan fingerprint density at radius 2 is 1.84 bits per heavy atom. The maximum atomic E-state index is 4.08. The van der Waals surface area contributed by atoms with E-state index in [1.807, 2.05) is 11.6 Å². The van der Waals surface area contributed by atoms with Crippen molar-refractivity contribution in [3.63, 3.8) is 0 Å². The molecule has 1 aliphatic carbocycles. The molecule has 0 fully saturated rings. The van der Waals surface area contributed by atoms with Crippen molar-refractivity contribution in [2.75, 3.05) is 0 Å². The molecule has 4 nitrogen and oxygen atoms in total. The summed E-state index contributed by atoms with van der Waals surface area (Å²) in [4.78, 5) is 0. The number of benzene rings is 2. The van der Waals surface area contributed by atoms with Gasteiger partial charge in [0.25, 0.3) is 0 Å². The highest BCUT2D eigenvalue weighted by molar-refractivity contribution is 5.79. The second kappa shape index (κ2) is 3.75. The van der Waals surface area contributed by atoms with Gasteiger partial charge in [0, 0.05) is 6.42 Å². The standard InChI is InChI=1S/C15H12N4/c1-10-16-17-18-19(10)15-8-4-7-13-12-6-3-2-5-11(12)9-14(13)15/h2-8H,9H2,1H3. The van der Waals surface area contributed by atoms with Gasteiger partial charge in [-0.25, -0.2) is 0 Å². The van der Waals surface area contributed by atoms with Crippen LogP contribution in [0.2, 0.25) is 0 Å². The van der Waals surface area contributed by atoms with E-state index in [0.29, 0.717) is 0 Å². The quantitative estimate of drug-likeness (QED) is 0.520. The van der Waals surface area contributed by atoms with Crippen molar-refractivity contribution in [3.05, 3.63) is 59.4 Å². The Labute approximate surface area is 110 Å². The Morgan fingerprint density at radius 1 is 1.00 bits per heavy atom. The molecule has 1 aromatic heterocycles. The van der Waals surface area contributed by atoms with Crippen LogP contribution < -0.4 is 0 Å². The highest BCUT2D eigenvalue weighted by atomic mass is 15.5. The fraction of sp³-hybridized carbons (Fsp3) is 0.133. The maximum absolute atomic E-state index is 4.08. The van der Waals surface area contributed by atoms with Crippen LogP contribution in [0.25, 0.3) is 16.8 Å². The molecule has 0 aliphatic heterocycles. The summed E-state index contributed by atoms with van der Waals surface area (Å²) in [5.74, 6) is 0.810. The number of hydrogen-bond donors (Lipinski definition) is 0. The Hall–Kier alpha value is -2.49. The highest BCUT2D eigenvalue weighted by Crippen LogP contribution is 2.39. The fourth-order valence-electron chi connectivity index (χ4n) is 2.79. The van der Waals surface area contributed by atoms with E-state index < -0.39 is 0 Å². The van der Waals surface area contributed by atoms with Gasteiger partial charge in [0.15, 0.2) is 5.82 Å². The number of tetrazole rings is 1. The lowest BCUT2D eigenvalue weighted by molar-refractivity contribution is 0.774. The van der Waals surface area contributed by atoms with E-state index in [4.69, 9.17) is 0 Å². The van der Waals surface area contributed by atoms with E-state index in [1.165, 1.54) is 22.3 Å². The molecule has 19 heavy (non-hydrogen) atoms. The van der Waals surface area contributed by atoms with Crippen molar-refractivity contribution in [1.29, 1.82) is 0 Å². The number of aryl methyl sites for hydroxylation is 1. The molecular weight excluding hydrogens is 236 g/mol. The lowest BCUT2D eigenvalue weighted by Crippen LogP contribution is -2.03. The summed E-state index contributed by atoms with van der Waals surface area (Å²) >= 11 is 0. The minimum absolute atomic E-state index is 0.810. The summed E-state index contributed by atoms with van der Waals surface area (Å²) in [5.41, 5.74) is 6.37. The zero-order valence-electron chi connectivity index (χ0n) is 10.5. The first-order valence-electron chi connectivity index (χ1n) is 6.30. The molecule has 3 aromatic rings. The third kappa shape index (κ3) is 1.43. The molecule has 0 unspecified atom stereocenters. The number of fused-ring (bicyclic) bond motifs is 3. The second-order valence-electron chi connectivity index (χ2n) is 4.78. The monoisotopic (exact) mass is 248 g/mol. The van der Waals surface area contributed by atoms with E-state index in [9.17, 15) is 0 Å². The van der Waals surface area contributed by atoms with Gasteiger partial charge in [0.05, 0.1) is 5.69 Å². The average molecular weight is 248 g/mol. The molecule has 1 heterocycles. The molecule has 92 valence electrons. The lowest BCUT2D eigenvalue weighted by atomic mass is 10.1. The zero-order valence-corrected chi connectivity index (χ0v) is 10.5. The molecule has 0 saturated heterocycles. The third-order valence-corrected chi connectivity index (χ3v) is 3.68. The van der Waals surface area contributed by atoms with Gasteiger partial charge in [0.1, 0.15) is 0 Å². The third-order valence-electron chi connectivity index (χ3n) is 3.68. The molecule has 0 amide bonds. The molecule has 1 aliphatic rings. The molecule has 0 atom stereocenters. The van der Waals surface area contributed by atoms with Gasteiger partial charge < -0.3 is 0 Å². The van der Waals surface area contributed by atoms with Gasteiger partial charge in [-0.05, 0) is 45.7 Å². The molecule has 4 rings (SSSR count). The summed E-state index contributed by atoms with van der Waals surface area (Å²) in [6.45, 7) is 1.92. The Morgan fingerprint density at radius 3 is 2.68 bits per heavy atom. The summed E-state index contributed by atoms with van der Waals surface area (Å²) < 4.78 is 1.81. The molecule has 0 saturated carbocycles. The van der Waals surface area contributed by atoms with Crippen LogP contribution in [0.5, 0.6) is 0 Å². The molecule has 0 N–H and O–H groups in total. The Bertz CT molecular complexity index is 773. The fourth-order valence-corrected chi connectivity index (χ4v) is 2.79. The van der Waals surface area contributed by atoms with E-state index in [-0.39, 0.29) is 0 Å². The topological polar surface area (TPSA) is 43.6 Å². The Balaban J connectivity index is 1.97. The largest absolute Gasteiger partial charge is 0.197 e. The minimum atomic E-state index is 0.810. The molecule has 4 heteroatoms. The average Bonchev–Trinajstić information content (AvgIpc) is 3.02. The SMILES string of the molecule is Cc1nnnn1-c1cccc2c1Cc1ccccc1-2. The zero-order chi connectivity index (χ0) is 12.8. The molecule has 0 radical (unpaired) electrons. The number of rotatable bonds is 1. The van der Waals surface area contributed by atoms with Crippen LogP contribution in [0.15, 0.2) is 42.5 Å². The van der Waals surface area contributed by atoms with Crippen LogP contribution >= 0.6 is 0 Å². The van der Waals surface area contributed by atoms with E-state index in [2.05, 4.69) is 58.0 Å². The molecule has 0 spiro atoms. The summed E-state index contributed by atoms with van der Waals surface area (Å²) in [5, 5.41) is 11.8. The normalized spacial score (nSPS) is 12.3. The van der Waals surface area contributed by atoms with Crippen molar-refractivity contribution in [2.24, 2.45) is 0 Å². The predicted octanol–water partition coefficient (Wildman–Crippen LogP) is 2.54. The highest BCUT2D eigenvalue weighted by Gasteiger charge is 2.22. The molecule has 2 aromatic carbocycles. The van der Waals surface area contributed by atoms with Crippen LogP contribution in [0.1, 0.15) is 17.0 Å². The van der Waals surface area contributed by atoms with Crippen LogP contribution in [0.4, 0.5) is 0 Å². The lowest BCUT2D eigenvalue weighted by Gasteiger charge is -2.08. The van der Waals surface area contributed by atoms with Crippen LogP contribution in [0.3, 0.4) is 0 Å². The summed E-state index contributed by atoms with van der Waals surface area (Å²) in [6.07, 6.45) is 0.945. The molecule has 0 bridgehead atoms. The van der Waals surface area contributed by atoms with Crippen molar-refractivity contribution >= 4 is 0 Å². The first-order valence-corrected chi connectivity index (χ1v) is 6.30. The van der Waals surface area contributed by atoms with Crippen LogP contribution in [-0.4, -0.2) is 20.2 Å². The van der Waals surface area contributed by atoms with E-state index in [1.54, 1.807) is 0 Å². The van der Waals surface area contributed by atoms with Gasteiger partial charge in [-0.15, -0.1) is 5.10 Å². The maximum Gasteiger partial charge on any atom is 0.153 e. The number of hydrogen-bond acceptors (Lipinski definition) is 3. The van der Waals surface area contributed by atoms with Gasteiger partial charge >= 0.3 is 0 Å². The first kappa shape index (κ1) is 10.4. The van der Waals surface area contributed by atoms with Crippen molar-refractivity contribution in [3.8, 4) is 16.8 Å². The summed E-state index contributed by atoms with van der Waals surface area (Å²) in [6, 6.07) is 14.9. The van der Waals surface area contributed by atoms with Gasteiger partial charge in [-0.3, -0.25) is 0 Å². The second-order valence-corrected chi connectivity index (χ2v) is 4.78. The number of nitrogens with zero attached hydrogens (tertiary/aromatic N) is 4. The van der Waals surface area contributed by atoms with Gasteiger partial charge in [-0.2, -0.15) is 4.68 Å². The molecular formula is C15H12N4. The van der Waals surface area contributed by atoms with Gasteiger partial charge in [-0.1, -0.05) is 36.4 Å². The van der Waals surface area contributed by atoms with Crippen molar-refractivity contribution in [1.82, 2.24) is 20.2 Å². The predicted molar refractivity (Wildman–Crippen MR) is 72.1 cm³/mol. The van der Waals surface area contributed by atoms with Crippen molar-refractivity contribution < 1.29 is 0 Å². The first-order chi connectivity index (χ1) is 9.34. The Kier molecular flexibility index (Phi) is 2.06. The van der Waals surface area contributed by atoms with Crippen LogP contribution in [0, 0.1) is 6.92 Å². The number of aromatic nitrogens is 4. The van der Waals surface area contributed by atoms with Crippen LogP contribution in [-0.2, 0) is 6.42 Å². The smallest absolute Gasteiger partial charge is 0.153 e. The summed E-state index contributed by atoms with van der Waals surface area (Å²) in [7, 11) is 0. The minimum Gasteiger partial charge on any atom is -0.197 e. The van der Waals surface area contributed by atoms with Crippen molar-refractivity contribution in [2.45, 2.75) is 13.3 Å². The van der Waals surface area contributed by atoms with Gasteiger partial charge in [0.2, 0.25) is 0 Å². The van der Waals surface area contributed by atoms with E-state index in [0.717, 1.165) is 17.9 Å². The van der Waals surface area contributed by atoms with E-state index >= 15 is 0 Å².